The maximum Gasteiger partial charge on any atom is 0.253 e. The van der Waals surface area contributed by atoms with E-state index in [2.05, 4.69) is 10.6 Å². The lowest BCUT2D eigenvalue weighted by molar-refractivity contribution is -0.116. The van der Waals surface area contributed by atoms with Crippen LogP contribution >= 0.6 is 0 Å². The van der Waals surface area contributed by atoms with Crippen molar-refractivity contribution in [3.05, 3.63) is 29.3 Å². The fourth-order valence-electron chi connectivity index (χ4n) is 3.72. The summed E-state index contributed by atoms with van der Waals surface area (Å²) in [7, 11) is 0. The highest BCUT2D eigenvalue weighted by atomic mass is 16.2. The largest absolute Gasteiger partial charge is 0.338 e. The molecule has 5 nitrogen and oxygen atoms in total. The Morgan fingerprint density at radius 3 is 2.67 bits per heavy atom. The molecular formula is C16H19N3O2. The van der Waals surface area contributed by atoms with Gasteiger partial charge in [-0.25, -0.2) is 0 Å². The van der Waals surface area contributed by atoms with Gasteiger partial charge in [-0.3, -0.25) is 9.59 Å². The molecule has 2 N–H and O–H groups in total. The number of likely N-dealkylation sites (tertiary alicyclic amines) is 1. The number of benzene rings is 1. The highest BCUT2D eigenvalue weighted by Gasteiger charge is 2.38. The quantitative estimate of drug-likeness (QED) is 0.804. The number of amides is 2. The normalized spacial score (nSPS) is 27.2. The van der Waals surface area contributed by atoms with Crippen molar-refractivity contribution in [3.8, 4) is 0 Å². The SMILES string of the molecule is O=C1CCc2cc(C(=O)N3CC4CNCC4C3)ccc2N1. The van der Waals surface area contributed by atoms with Gasteiger partial charge in [-0.2, -0.15) is 0 Å². The molecule has 2 atom stereocenters. The van der Waals surface area contributed by atoms with Crippen molar-refractivity contribution in [1.29, 1.82) is 0 Å². The Morgan fingerprint density at radius 2 is 1.90 bits per heavy atom. The molecule has 110 valence electrons. The standard InChI is InChI=1S/C16H19N3O2/c20-15-4-2-10-5-11(1-3-14(10)18-15)16(21)19-8-12-6-17-7-13(12)9-19/h1,3,5,12-13,17H,2,4,6-9H2,(H,18,20). The van der Waals surface area contributed by atoms with Gasteiger partial charge in [-0.15, -0.1) is 0 Å². The van der Waals surface area contributed by atoms with Crippen LogP contribution in [0.15, 0.2) is 18.2 Å². The van der Waals surface area contributed by atoms with Gasteiger partial charge in [-0.1, -0.05) is 0 Å². The van der Waals surface area contributed by atoms with Crippen LogP contribution in [0.1, 0.15) is 22.3 Å². The highest BCUT2D eigenvalue weighted by Crippen LogP contribution is 2.29. The van der Waals surface area contributed by atoms with Crippen LogP contribution in [-0.4, -0.2) is 42.9 Å². The van der Waals surface area contributed by atoms with Crippen LogP contribution in [0.25, 0.3) is 0 Å². The first-order chi connectivity index (χ1) is 10.2. The zero-order valence-electron chi connectivity index (χ0n) is 11.9. The molecule has 0 bridgehead atoms. The molecule has 3 heterocycles. The van der Waals surface area contributed by atoms with Gasteiger partial charge in [0.25, 0.3) is 5.91 Å². The van der Waals surface area contributed by atoms with Gasteiger partial charge in [0.1, 0.15) is 0 Å². The first kappa shape index (κ1) is 12.8. The van der Waals surface area contributed by atoms with E-state index in [1.807, 2.05) is 23.1 Å². The Bertz CT molecular complexity index is 602. The van der Waals surface area contributed by atoms with E-state index in [1.54, 1.807) is 0 Å². The van der Waals surface area contributed by atoms with E-state index in [0.29, 0.717) is 18.3 Å². The summed E-state index contributed by atoms with van der Waals surface area (Å²) in [6.07, 6.45) is 1.22. The molecule has 0 saturated carbocycles. The molecule has 2 amide bonds. The van der Waals surface area contributed by atoms with Crippen LogP contribution in [-0.2, 0) is 11.2 Å². The van der Waals surface area contributed by atoms with Crippen molar-refractivity contribution < 1.29 is 9.59 Å². The summed E-state index contributed by atoms with van der Waals surface area (Å²) < 4.78 is 0. The maximum atomic E-state index is 12.6. The van der Waals surface area contributed by atoms with Gasteiger partial charge in [0.05, 0.1) is 0 Å². The second-order valence-corrected chi connectivity index (χ2v) is 6.31. The van der Waals surface area contributed by atoms with E-state index in [-0.39, 0.29) is 11.8 Å². The van der Waals surface area contributed by atoms with Crippen LogP contribution in [0.2, 0.25) is 0 Å². The van der Waals surface area contributed by atoms with Gasteiger partial charge in [0.15, 0.2) is 0 Å². The van der Waals surface area contributed by atoms with E-state index in [4.69, 9.17) is 0 Å². The Morgan fingerprint density at radius 1 is 1.14 bits per heavy atom. The van der Waals surface area contributed by atoms with Gasteiger partial charge < -0.3 is 15.5 Å². The smallest absolute Gasteiger partial charge is 0.253 e. The summed E-state index contributed by atoms with van der Waals surface area (Å²) in [5.74, 6) is 1.42. The average molecular weight is 285 g/mol. The van der Waals surface area contributed by atoms with E-state index in [1.165, 1.54) is 0 Å². The third-order valence-corrected chi connectivity index (χ3v) is 4.92. The predicted octanol–water partition coefficient (Wildman–Crippen LogP) is 0.863. The lowest BCUT2D eigenvalue weighted by Crippen LogP contribution is -2.32. The van der Waals surface area contributed by atoms with Gasteiger partial charge in [0.2, 0.25) is 5.91 Å². The Balaban J connectivity index is 1.54. The second kappa shape index (κ2) is 4.84. The molecule has 0 aromatic heterocycles. The monoisotopic (exact) mass is 285 g/mol. The molecule has 0 radical (unpaired) electrons. The van der Waals surface area contributed by atoms with Crippen LogP contribution in [0.3, 0.4) is 0 Å². The van der Waals surface area contributed by atoms with Gasteiger partial charge in [-0.05, 0) is 42.0 Å². The minimum Gasteiger partial charge on any atom is -0.338 e. The van der Waals surface area contributed by atoms with Crippen molar-refractivity contribution in [3.63, 3.8) is 0 Å². The lowest BCUT2D eigenvalue weighted by Gasteiger charge is -2.20. The second-order valence-electron chi connectivity index (χ2n) is 6.31. The summed E-state index contributed by atoms with van der Waals surface area (Å²) in [6.45, 7) is 3.80. The summed E-state index contributed by atoms with van der Waals surface area (Å²) in [5, 5.41) is 6.25. The zero-order valence-corrected chi connectivity index (χ0v) is 11.9. The summed E-state index contributed by atoms with van der Waals surface area (Å²) in [5.41, 5.74) is 2.67. The van der Waals surface area contributed by atoms with Gasteiger partial charge in [0, 0.05) is 43.9 Å². The lowest BCUT2D eigenvalue weighted by atomic mass is 10.00. The minimum atomic E-state index is 0.0569. The summed E-state index contributed by atoms with van der Waals surface area (Å²) in [4.78, 5) is 26.0. The molecule has 1 aromatic rings. The first-order valence-corrected chi connectivity index (χ1v) is 7.63. The molecule has 0 aliphatic carbocycles. The minimum absolute atomic E-state index is 0.0569. The molecule has 4 rings (SSSR count). The molecule has 3 aliphatic rings. The van der Waals surface area contributed by atoms with Crippen molar-refractivity contribution in [2.45, 2.75) is 12.8 Å². The average Bonchev–Trinajstić information content (AvgIpc) is 3.07. The number of aryl methyl sites for hydroxylation is 1. The van der Waals surface area contributed by atoms with Crippen LogP contribution in [0, 0.1) is 11.8 Å². The molecule has 0 spiro atoms. The molecule has 2 saturated heterocycles. The van der Waals surface area contributed by atoms with Crippen molar-refractivity contribution >= 4 is 17.5 Å². The number of nitrogens with zero attached hydrogens (tertiary/aromatic N) is 1. The summed E-state index contributed by atoms with van der Waals surface area (Å²) >= 11 is 0. The van der Waals surface area contributed by atoms with Crippen LogP contribution < -0.4 is 10.6 Å². The van der Waals surface area contributed by atoms with Crippen molar-refractivity contribution in [1.82, 2.24) is 10.2 Å². The number of hydrogen-bond acceptors (Lipinski definition) is 3. The predicted molar refractivity (Wildman–Crippen MR) is 79.1 cm³/mol. The Kier molecular flexibility index (Phi) is 2.96. The summed E-state index contributed by atoms with van der Waals surface area (Å²) in [6, 6.07) is 5.64. The molecule has 3 aliphatic heterocycles. The number of nitrogens with one attached hydrogen (secondary N) is 2. The molecule has 1 aromatic carbocycles. The number of fused-ring (bicyclic) bond motifs is 2. The third-order valence-electron chi connectivity index (χ3n) is 4.92. The Labute approximate surface area is 123 Å². The molecule has 2 unspecified atom stereocenters. The van der Waals surface area contributed by atoms with Crippen molar-refractivity contribution in [2.75, 3.05) is 31.5 Å². The molecule has 5 heteroatoms. The van der Waals surface area contributed by atoms with Crippen molar-refractivity contribution in [2.24, 2.45) is 11.8 Å². The Hall–Kier alpha value is -1.88. The molecule has 21 heavy (non-hydrogen) atoms. The van der Waals surface area contributed by atoms with E-state index in [9.17, 15) is 9.59 Å². The van der Waals surface area contributed by atoms with E-state index in [0.717, 1.165) is 49.4 Å². The number of carbonyl (C=O) groups excluding carboxylic acids is 2. The van der Waals surface area contributed by atoms with Crippen LogP contribution in [0.4, 0.5) is 5.69 Å². The number of hydrogen-bond donors (Lipinski definition) is 2. The topological polar surface area (TPSA) is 61.4 Å². The number of carbonyl (C=O) groups is 2. The van der Waals surface area contributed by atoms with E-state index < -0.39 is 0 Å². The highest BCUT2D eigenvalue weighted by molar-refractivity contribution is 5.98. The fraction of sp³-hybridized carbons (Fsp3) is 0.500. The fourth-order valence-corrected chi connectivity index (χ4v) is 3.72. The van der Waals surface area contributed by atoms with Gasteiger partial charge >= 0.3 is 0 Å². The number of rotatable bonds is 1. The van der Waals surface area contributed by atoms with E-state index >= 15 is 0 Å². The first-order valence-electron chi connectivity index (χ1n) is 7.63. The number of anilines is 1. The van der Waals surface area contributed by atoms with Crippen LogP contribution in [0.5, 0.6) is 0 Å². The molecular weight excluding hydrogens is 266 g/mol. The third kappa shape index (κ3) is 2.21. The zero-order chi connectivity index (χ0) is 14.4. The maximum absolute atomic E-state index is 12.6. The molecule has 2 fully saturated rings.